The Bertz CT molecular complexity index is 1130. The molecular formula is C21H17Cl3O4. The quantitative estimate of drug-likeness (QED) is 0.263. The van der Waals surface area contributed by atoms with Gasteiger partial charge in [0.05, 0.1) is 20.6 Å². The molecule has 0 amide bonds. The summed E-state index contributed by atoms with van der Waals surface area (Å²) in [5.74, 6) is -0.439. The Morgan fingerprint density at radius 1 is 1.11 bits per heavy atom. The van der Waals surface area contributed by atoms with Crippen molar-refractivity contribution in [3.05, 3.63) is 78.1 Å². The molecule has 0 aliphatic carbocycles. The highest BCUT2D eigenvalue weighted by molar-refractivity contribution is 6.46. The number of halogens is 3. The molecule has 0 saturated heterocycles. The molecule has 3 aromatic rings. The molecule has 0 bridgehead atoms. The standard InChI is InChI=1S/C21H17Cl3O4/c1-10(2)13-8-14-12(7-18(25)28-17(14)6-11(13)3)9-27-21(26)19-15(22)4-5-16(23)20(19)24/h4-8,10H,9H2,1-3H3. The van der Waals surface area contributed by atoms with E-state index >= 15 is 0 Å². The zero-order valence-electron chi connectivity index (χ0n) is 15.4. The average molecular weight is 440 g/mol. The Morgan fingerprint density at radius 3 is 2.46 bits per heavy atom. The number of benzene rings is 2. The first kappa shape index (κ1) is 20.7. The number of carbonyl (C=O) groups excluding carboxylic acids is 1. The van der Waals surface area contributed by atoms with Crippen LogP contribution in [0.1, 0.15) is 46.8 Å². The Kier molecular flexibility index (Phi) is 6.04. The topological polar surface area (TPSA) is 56.5 Å². The molecule has 4 nitrogen and oxygen atoms in total. The van der Waals surface area contributed by atoms with E-state index in [1.807, 2.05) is 19.1 Å². The van der Waals surface area contributed by atoms with Crippen molar-refractivity contribution in [1.82, 2.24) is 0 Å². The average Bonchev–Trinajstić information content (AvgIpc) is 2.62. The second kappa shape index (κ2) is 8.16. The first-order valence-corrected chi connectivity index (χ1v) is 9.70. The SMILES string of the molecule is Cc1cc2oc(=O)cc(COC(=O)c3c(Cl)ccc(Cl)c3Cl)c2cc1C(C)C. The van der Waals surface area contributed by atoms with E-state index in [4.69, 9.17) is 44.0 Å². The van der Waals surface area contributed by atoms with Gasteiger partial charge in [-0.25, -0.2) is 9.59 Å². The third-order valence-electron chi connectivity index (χ3n) is 4.45. The Hall–Kier alpha value is -2.01. The van der Waals surface area contributed by atoms with Crippen LogP contribution in [0, 0.1) is 6.92 Å². The van der Waals surface area contributed by atoms with E-state index < -0.39 is 11.6 Å². The third kappa shape index (κ3) is 4.04. The maximum Gasteiger partial charge on any atom is 0.341 e. The van der Waals surface area contributed by atoms with Crippen molar-refractivity contribution < 1.29 is 13.9 Å². The molecule has 1 aromatic heterocycles. The van der Waals surface area contributed by atoms with Gasteiger partial charge in [0, 0.05) is 17.0 Å². The van der Waals surface area contributed by atoms with E-state index in [-0.39, 0.29) is 33.2 Å². The van der Waals surface area contributed by atoms with E-state index in [1.165, 1.54) is 18.2 Å². The third-order valence-corrected chi connectivity index (χ3v) is 5.56. The number of fused-ring (bicyclic) bond motifs is 1. The summed E-state index contributed by atoms with van der Waals surface area (Å²) in [6.45, 7) is 5.98. The van der Waals surface area contributed by atoms with Gasteiger partial charge in [-0.15, -0.1) is 0 Å². The van der Waals surface area contributed by atoms with Crippen LogP contribution in [0.4, 0.5) is 0 Å². The van der Waals surface area contributed by atoms with Crippen LogP contribution >= 0.6 is 34.8 Å². The van der Waals surface area contributed by atoms with E-state index in [9.17, 15) is 9.59 Å². The highest BCUT2D eigenvalue weighted by atomic mass is 35.5. The van der Waals surface area contributed by atoms with Crippen LogP contribution in [0.15, 0.2) is 39.5 Å². The molecule has 0 aliphatic heterocycles. The minimum Gasteiger partial charge on any atom is -0.457 e. The van der Waals surface area contributed by atoms with Crippen molar-refractivity contribution in [1.29, 1.82) is 0 Å². The molecule has 1 heterocycles. The normalized spacial score (nSPS) is 11.2. The number of esters is 1. The second-order valence-electron chi connectivity index (χ2n) is 6.74. The van der Waals surface area contributed by atoms with Crippen molar-refractivity contribution in [2.75, 3.05) is 0 Å². The molecule has 7 heteroatoms. The van der Waals surface area contributed by atoms with Gasteiger partial charge in [0.15, 0.2) is 0 Å². The molecule has 3 rings (SSSR count). The predicted molar refractivity (Wildman–Crippen MR) is 112 cm³/mol. The van der Waals surface area contributed by atoms with E-state index in [1.54, 1.807) is 0 Å². The highest BCUT2D eigenvalue weighted by Crippen LogP contribution is 2.32. The maximum atomic E-state index is 12.5. The lowest BCUT2D eigenvalue weighted by Gasteiger charge is -2.13. The molecule has 0 N–H and O–H groups in total. The van der Waals surface area contributed by atoms with Crippen molar-refractivity contribution in [2.45, 2.75) is 33.3 Å². The predicted octanol–water partition coefficient (Wildman–Crippen LogP) is 6.54. The molecule has 0 spiro atoms. The molecule has 0 atom stereocenters. The Balaban J connectivity index is 1.99. The lowest BCUT2D eigenvalue weighted by atomic mass is 9.95. The fourth-order valence-electron chi connectivity index (χ4n) is 3.06. The largest absolute Gasteiger partial charge is 0.457 e. The highest BCUT2D eigenvalue weighted by Gasteiger charge is 2.20. The monoisotopic (exact) mass is 438 g/mol. The number of hydrogen-bond acceptors (Lipinski definition) is 4. The summed E-state index contributed by atoms with van der Waals surface area (Å²) < 4.78 is 10.7. The van der Waals surface area contributed by atoms with Gasteiger partial charge in [-0.3, -0.25) is 0 Å². The van der Waals surface area contributed by atoms with Crippen LogP contribution in [0.3, 0.4) is 0 Å². The van der Waals surface area contributed by atoms with Crippen LogP contribution in [0.2, 0.25) is 15.1 Å². The van der Waals surface area contributed by atoms with Crippen molar-refractivity contribution in [2.24, 2.45) is 0 Å². The molecule has 0 unspecified atom stereocenters. The first-order chi connectivity index (χ1) is 13.2. The van der Waals surface area contributed by atoms with Crippen molar-refractivity contribution in [3.63, 3.8) is 0 Å². The smallest absolute Gasteiger partial charge is 0.341 e. The van der Waals surface area contributed by atoms with Crippen LogP contribution < -0.4 is 5.63 Å². The van der Waals surface area contributed by atoms with Crippen LogP contribution in [0.5, 0.6) is 0 Å². The molecule has 2 aromatic carbocycles. The summed E-state index contributed by atoms with van der Waals surface area (Å²) in [7, 11) is 0. The van der Waals surface area contributed by atoms with Gasteiger partial charge in [0.25, 0.3) is 0 Å². The van der Waals surface area contributed by atoms with Gasteiger partial charge in [-0.2, -0.15) is 0 Å². The summed E-state index contributed by atoms with van der Waals surface area (Å²) in [4.78, 5) is 24.4. The zero-order chi connectivity index (χ0) is 20.6. The lowest BCUT2D eigenvalue weighted by Crippen LogP contribution is -2.09. The van der Waals surface area contributed by atoms with Crippen molar-refractivity contribution in [3.8, 4) is 0 Å². The zero-order valence-corrected chi connectivity index (χ0v) is 17.7. The molecule has 0 aliphatic rings. The molecule has 28 heavy (non-hydrogen) atoms. The van der Waals surface area contributed by atoms with E-state index in [0.717, 1.165) is 11.1 Å². The number of hydrogen-bond donors (Lipinski definition) is 0. The van der Waals surface area contributed by atoms with Gasteiger partial charge in [0.2, 0.25) is 0 Å². The van der Waals surface area contributed by atoms with E-state index in [2.05, 4.69) is 13.8 Å². The maximum absolute atomic E-state index is 12.5. The first-order valence-electron chi connectivity index (χ1n) is 8.57. The molecular weight excluding hydrogens is 423 g/mol. The number of ether oxygens (including phenoxy) is 1. The fraction of sp³-hybridized carbons (Fsp3) is 0.238. The minimum atomic E-state index is -0.727. The Labute approximate surface area is 177 Å². The molecule has 146 valence electrons. The van der Waals surface area contributed by atoms with Crippen LogP contribution in [0.25, 0.3) is 11.0 Å². The van der Waals surface area contributed by atoms with Gasteiger partial charge < -0.3 is 9.15 Å². The van der Waals surface area contributed by atoms with Gasteiger partial charge >= 0.3 is 11.6 Å². The number of rotatable bonds is 4. The summed E-state index contributed by atoms with van der Waals surface area (Å²) in [6.07, 6.45) is 0. The van der Waals surface area contributed by atoms with Crippen molar-refractivity contribution >= 4 is 51.7 Å². The summed E-state index contributed by atoms with van der Waals surface area (Å²) in [5.41, 5.74) is 2.60. The van der Waals surface area contributed by atoms with E-state index in [0.29, 0.717) is 16.5 Å². The molecule has 0 radical (unpaired) electrons. The van der Waals surface area contributed by atoms with Gasteiger partial charge in [-0.1, -0.05) is 48.7 Å². The second-order valence-corrected chi connectivity index (χ2v) is 7.94. The van der Waals surface area contributed by atoms with Crippen LogP contribution in [-0.4, -0.2) is 5.97 Å². The minimum absolute atomic E-state index is 0.0122. The lowest BCUT2D eigenvalue weighted by molar-refractivity contribution is 0.0474. The Morgan fingerprint density at radius 2 is 1.79 bits per heavy atom. The summed E-state index contributed by atoms with van der Waals surface area (Å²) in [6, 6.07) is 8.06. The van der Waals surface area contributed by atoms with Crippen LogP contribution in [-0.2, 0) is 11.3 Å². The fourth-order valence-corrected chi connectivity index (χ4v) is 3.74. The molecule has 0 saturated carbocycles. The molecule has 0 fully saturated rings. The van der Waals surface area contributed by atoms with Gasteiger partial charge in [0.1, 0.15) is 12.2 Å². The summed E-state index contributed by atoms with van der Waals surface area (Å²) in [5, 5.41) is 1.06. The number of aryl methyl sites for hydroxylation is 1. The summed E-state index contributed by atoms with van der Waals surface area (Å²) >= 11 is 18.1. The van der Waals surface area contributed by atoms with Gasteiger partial charge in [-0.05, 0) is 48.2 Å². The number of carbonyl (C=O) groups is 1.